The number of hydrogen-bond donors (Lipinski definition) is 0. The summed E-state index contributed by atoms with van der Waals surface area (Å²) in [6.07, 6.45) is 8.36. The molecule has 4 rings (SSSR count). The van der Waals surface area contributed by atoms with E-state index in [1.807, 2.05) is 0 Å². The molecule has 219 valence electrons. The molecule has 2 aliphatic rings. The molecule has 2 aromatic carbocycles. The van der Waals surface area contributed by atoms with Crippen molar-refractivity contribution in [2.75, 3.05) is 0 Å². The van der Waals surface area contributed by atoms with Gasteiger partial charge in [-0.3, -0.25) is 0 Å². The number of halogens is 8. The van der Waals surface area contributed by atoms with E-state index in [0.29, 0.717) is 12.1 Å². The van der Waals surface area contributed by atoms with Crippen LogP contribution in [0.2, 0.25) is 24.2 Å². The molecule has 0 heterocycles. The molecule has 0 N–H and O–H groups in total. The van der Waals surface area contributed by atoms with Crippen LogP contribution in [0.1, 0.15) is 69.0 Å². The van der Waals surface area contributed by atoms with Crippen LogP contribution in [0.3, 0.4) is 0 Å². The van der Waals surface area contributed by atoms with Crippen molar-refractivity contribution < 1.29 is 15.6 Å². The standard InChI is InChI=1S/2C10H9.C8H17Cl6Si3.2ClH.Zr/c2*1-8-6-9-4-2-3-5-10(9)7-8;9-16(10,11)7-3-1-5-15-6-2-4-8-17(12,13)14;;;/h2*2-7H,1H3;15H,1-8H2;2*1H;/q;;;;;+2/p-2. The van der Waals surface area contributed by atoms with Crippen LogP contribution in [-0.4, -0.2) is 17.9 Å². The van der Waals surface area contributed by atoms with Gasteiger partial charge in [-0.1, -0.05) is 0 Å². The summed E-state index contributed by atoms with van der Waals surface area (Å²) in [5.74, 6) is -1.82. The fraction of sp³-hybridized carbons (Fsp3) is 0.429. The minimum absolute atomic E-state index is 0.0715. The second kappa shape index (κ2) is 13.6. The number of fused-ring (bicyclic) bond motifs is 2. The maximum absolute atomic E-state index is 8.57. The Balaban J connectivity index is 1.82. The number of hydrogen-bond acceptors (Lipinski definition) is 0. The Morgan fingerprint density at radius 1 is 0.625 bits per heavy atom. The van der Waals surface area contributed by atoms with Crippen LogP contribution in [0.25, 0.3) is 12.2 Å². The van der Waals surface area contributed by atoms with Crippen LogP contribution >= 0.6 is 83.5 Å². The monoisotopic (exact) mass is 825 g/mol. The zero-order chi connectivity index (χ0) is 29.4. The molecule has 0 saturated heterocycles. The summed E-state index contributed by atoms with van der Waals surface area (Å²) in [5, 5.41) is 0. The van der Waals surface area contributed by atoms with Crippen molar-refractivity contribution in [3.05, 3.63) is 81.9 Å². The normalized spacial score (nSPS) is 20.1. The Kier molecular flexibility index (Phi) is 11.8. The van der Waals surface area contributed by atoms with Crippen molar-refractivity contribution in [3.63, 3.8) is 0 Å². The van der Waals surface area contributed by atoms with Gasteiger partial charge in [0.05, 0.1) is 0 Å². The second-order valence-corrected chi connectivity index (χ2v) is 70.4. The molecule has 2 unspecified atom stereocenters. The van der Waals surface area contributed by atoms with E-state index in [1.165, 1.54) is 33.4 Å². The minimum atomic E-state index is -4.86. The number of benzene rings is 2. The van der Waals surface area contributed by atoms with E-state index < -0.39 is 33.5 Å². The Morgan fingerprint density at radius 3 is 1.38 bits per heavy atom. The van der Waals surface area contributed by atoms with Crippen molar-refractivity contribution in [1.29, 1.82) is 0 Å². The topological polar surface area (TPSA) is 0 Å². The van der Waals surface area contributed by atoms with Crippen molar-refractivity contribution in [3.8, 4) is 0 Å². The molecule has 0 spiro atoms. The van der Waals surface area contributed by atoms with E-state index in [4.69, 9.17) is 83.5 Å². The van der Waals surface area contributed by atoms with E-state index in [-0.39, 0.29) is 7.25 Å². The Morgan fingerprint density at radius 2 is 1.00 bits per heavy atom. The van der Waals surface area contributed by atoms with E-state index in [1.54, 1.807) is 0 Å². The SMILES string of the molecule is CC1=Cc2ccccc2[CH]1[Zr]([Cl])([Cl])([CH]1C(C)=Cc2ccccc21)[SiH](CCCC[Si](Cl)(Cl)Cl)CCCC[Si](Cl)(Cl)Cl. The van der Waals surface area contributed by atoms with Gasteiger partial charge in [-0.2, -0.15) is 0 Å². The molecule has 2 aliphatic carbocycles. The molecule has 2 atom stereocenters. The summed E-state index contributed by atoms with van der Waals surface area (Å²) < 4.78 is 0.143. The Bertz CT molecular complexity index is 1190. The predicted molar refractivity (Wildman–Crippen MR) is 189 cm³/mol. The Hall–Kier alpha value is 1.77. The summed E-state index contributed by atoms with van der Waals surface area (Å²) in [4.78, 5) is 0. The van der Waals surface area contributed by atoms with E-state index >= 15 is 0 Å². The van der Waals surface area contributed by atoms with Gasteiger partial charge in [-0.15, -0.1) is 0 Å². The summed E-state index contributed by atoms with van der Waals surface area (Å²) >= 11 is 32.7. The second-order valence-electron chi connectivity index (χ2n) is 11.5. The molecule has 0 bridgehead atoms. The van der Waals surface area contributed by atoms with Crippen LogP contribution in [0.5, 0.6) is 0 Å². The summed E-state index contributed by atoms with van der Waals surface area (Å²) in [6, 6.07) is 15.4. The zero-order valence-electron chi connectivity index (χ0n) is 22.7. The first-order valence-corrected chi connectivity index (χ1v) is 40.0. The van der Waals surface area contributed by atoms with Crippen LogP contribution in [-0.2, 0) is 15.6 Å². The first-order valence-electron chi connectivity index (χ1n) is 13.9. The number of rotatable bonds is 13. The Labute approximate surface area is 278 Å². The molecule has 0 amide bonds. The van der Waals surface area contributed by atoms with Gasteiger partial charge in [-0.25, -0.2) is 0 Å². The van der Waals surface area contributed by atoms with Gasteiger partial charge < -0.3 is 0 Å². The number of unbranched alkanes of at least 4 members (excludes halogenated alkanes) is 2. The zero-order valence-corrected chi connectivity index (χ0v) is 34.3. The van der Waals surface area contributed by atoms with Crippen molar-refractivity contribution in [1.82, 2.24) is 0 Å². The third-order valence-corrected chi connectivity index (χ3v) is 62.7. The summed E-state index contributed by atoms with van der Waals surface area (Å²) in [7, 11) is 17.1. The van der Waals surface area contributed by atoms with Gasteiger partial charge in [0, 0.05) is 0 Å². The van der Waals surface area contributed by atoms with Crippen molar-refractivity contribution >= 4 is 114 Å². The van der Waals surface area contributed by atoms with Crippen molar-refractivity contribution in [2.45, 2.75) is 71.0 Å². The first kappa shape index (κ1) is 34.6. The van der Waals surface area contributed by atoms with Gasteiger partial charge >= 0.3 is 282 Å². The molecule has 0 radical (unpaired) electrons. The van der Waals surface area contributed by atoms with Crippen LogP contribution in [0, 0.1) is 0 Å². The van der Waals surface area contributed by atoms with Crippen LogP contribution in [0.15, 0.2) is 59.7 Å². The van der Waals surface area contributed by atoms with Crippen LogP contribution < -0.4 is 0 Å². The van der Waals surface area contributed by atoms with Gasteiger partial charge in [0.1, 0.15) is 0 Å². The molecule has 0 nitrogen and oxygen atoms in total. The fourth-order valence-electron chi connectivity index (χ4n) is 7.19. The molecule has 0 aliphatic heterocycles. The van der Waals surface area contributed by atoms with Gasteiger partial charge in [0.2, 0.25) is 0 Å². The summed E-state index contributed by atoms with van der Waals surface area (Å²) in [6.45, 7) is 4.47. The molecular formula is C28H35Cl8Si3Zr. The predicted octanol–water partition coefficient (Wildman–Crippen LogP) is 12.9. The van der Waals surface area contributed by atoms with Crippen LogP contribution in [0.4, 0.5) is 0 Å². The van der Waals surface area contributed by atoms with Gasteiger partial charge in [-0.05, 0) is 0 Å². The third-order valence-electron chi connectivity index (χ3n) is 8.70. The molecule has 0 fully saturated rings. The number of allylic oxidation sites excluding steroid dienone is 2. The molecule has 0 aromatic heterocycles. The molecule has 12 heteroatoms. The molecular weight excluding hydrogens is 795 g/mol. The maximum atomic E-state index is 8.57. The first-order chi connectivity index (χ1) is 18.6. The van der Waals surface area contributed by atoms with E-state index in [0.717, 1.165) is 37.8 Å². The molecule has 2 aromatic rings. The summed E-state index contributed by atoms with van der Waals surface area (Å²) in [5.41, 5.74) is 7.69. The van der Waals surface area contributed by atoms with Gasteiger partial charge in [0.15, 0.2) is 0 Å². The molecule has 0 saturated carbocycles. The van der Waals surface area contributed by atoms with E-state index in [2.05, 4.69) is 74.5 Å². The molecule has 40 heavy (non-hydrogen) atoms. The third kappa shape index (κ3) is 7.76. The average molecular weight is 831 g/mol. The van der Waals surface area contributed by atoms with Crippen molar-refractivity contribution in [2.24, 2.45) is 0 Å². The average Bonchev–Trinajstić information content (AvgIpc) is 3.37. The van der Waals surface area contributed by atoms with Gasteiger partial charge in [0.25, 0.3) is 0 Å². The quantitative estimate of drug-likeness (QED) is 0.107. The van der Waals surface area contributed by atoms with E-state index in [9.17, 15) is 0 Å². The fourth-order valence-corrected chi connectivity index (χ4v) is 62.4.